The number of carboxylic acid groups (broad SMARTS) is 3. The molecule has 0 radical (unpaired) electrons. The molecule has 2 aromatic heterocycles. The van der Waals surface area contributed by atoms with Gasteiger partial charge in [0, 0.05) is 68.2 Å². The van der Waals surface area contributed by atoms with Gasteiger partial charge in [-0.3, -0.25) is 19.1 Å². The van der Waals surface area contributed by atoms with E-state index < -0.39 is 36.4 Å². The van der Waals surface area contributed by atoms with Crippen molar-refractivity contribution in [3.8, 4) is 0 Å². The van der Waals surface area contributed by atoms with Crippen LogP contribution in [0.4, 0.5) is 45.5 Å². The highest BCUT2D eigenvalue weighted by atomic mass is 19.4. The van der Waals surface area contributed by atoms with Crippen LogP contribution in [0.2, 0.25) is 0 Å². The molecule has 2 fully saturated rings. The Hall–Kier alpha value is -5.26. The van der Waals surface area contributed by atoms with E-state index in [1.54, 1.807) is 0 Å². The average molecular weight is 848 g/mol. The number of hydrogen-bond donors (Lipinski definition) is 5. The average Bonchev–Trinajstić information content (AvgIpc) is 3.12. The summed E-state index contributed by atoms with van der Waals surface area (Å²) in [6.45, 7) is 7.95. The lowest BCUT2D eigenvalue weighted by Crippen LogP contribution is -2.43. The van der Waals surface area contributed by atoms with Crippen LogP contribution in [0.25, 0.3) is 21.8 Å². The van der Waals surface area contributed by atoms with Gasteiger partial charge in [0.15, 0.2) is 0 Å². The predicted octanol–water partition coefficient (Wildman–Crippen LogP) is 5.02. The van der Waals surface area contributed by atoms with Crippen molar-refractivity contribution in [1.82, 2.24) is 24.3 Å². The number of likely N-dealkylation sites (N-methyl/N-ethyl adjacent to an activating group) is 1. The number of nitrogens with zero attached hydrogens (tertiary/aromatic N) is 5. The van der Waals surface area contributed by atoms with Crippen molar-refractivity contribution in [3.05, 3.63) is 40.3 Å². The van der Waals surface area contributed by atoms with Crippen molar-refractivity contribution >= 4 is 51.6 Å². The maximum absolute atomic E-state index is 14.1. The number of pyridine rings is 1. The van der Waals surface area contributed by atoms with Gasteiger partial charge in [-0.05, 0) is 56.2 Å². The Morgan fingerprint density at radius 1 is 0.810 bits per heavy atom. The molecule has 0 bridgehead atoms. The van der Waals surface area contributed by atoms with Crippen molar-refractivity contribution in [1.29, 1.82) is 0 Å². The minimum Gasteiger partial charge on any atom is -0.475 e. The largest absolute Gasteiger partial charge is 0.490 e. The summed E-state index contributed by atoms with van der Waals surface area (Å²) >= 11 is 0. The van der Waals surface area contributed by atoms with Gasteiger partial charge < -0.3 is 31.3 Å². The monoisotopic (exact) mass is 847 g/mol. The molecule has 24 heteroatoms. The van der Waals surface area contributed by atoms with E-state index in [2.05, 4.69) is 52.3 Å². The third kappa shape index (κ3) is 14.9. The number of carboxylic acids is 3. The zero-order valence-electron chi connectivity index (χ0n) is 31.0. The van der Waals surface area contributed by atoms with Crippen LogP contribution >= 0.6 is 0 Å². The van der Waals surface area contributed by atoms with Crippen molar-refractivity contribution in [2.24, 2.45) is 11.7 Å². The molecule has 0 unspecified atom stereocenters. The molecule has 3 aromatic rings. The predicted molar refractivity (Wildman–Crippen MR) is 189 cm³/mol. The number of hydrogen-bond acceptors (Lipinski definition) is 10. The first-order chi connectivity index (χ1) is 26.8. The number of carbonyl (C=O) groups excluding carboxylic acids is 1. The summed E-state index contributed by atoms with van der Waals surface area (Å²) in [5, 5.41) is 27.2. The second-order valence-corrected chi connectivity index (χ2v) is 13.2. The molecule has 0 atom stereocenters. The lowest BCUT2D eigenvalue weighted by atomic mass is 9.85. The lowest BCUT2D eigenvalue weighted by Gasteiger charge is -2.32. The Kier molecular flexibility index (Phi) is 17.7. The Balaban J connectivity index is 0.000000453. The second-order valence-electron chi connectivity index (χ2n) is 13.2. The molecule has 1 saturated carbocycles. The van der Waals surface area contributed by atoms with E-state index in [0.29, 0.717) is 29.8 Å². The Morgan fingerprint density at radius 2 is 1.31 bits per heavy atom. The molecule has 5 rings (SSSR count). The Labute approximate surface area is 323 Å². The fourth-order valence-corrected chi connectivity index (χ4v) is 5.76. The number of piperazine rings is 1. The van der Waals surface area contributed by atoms with Gasteiger partial charge >= 0.3 is 36.4 Å². The molecular formula is C34H42F9N7O8. The van der Waals surface area contributed by atoms with E-state index in [-0.39, 0.29) is 23.4 Å². The Bertz CT molecular complexity index is 1880. The van der Waals surface area contributed by atoms with Gasteiger partial charge in [0.2, 0.25) is 11.9 Å². The van der Waals surface area contributed by atoms with Crippen LogP contribution in [-0.4, -0.2) is 122 Å². The van der Waals surface area contributed by atoms with Gasteiger partial charge in [0.1, 0.15) is 5.65 Å². The van der Waals surface area contributed by atoms with E-state index >= 15 is 0 Å². The minimum atomic E-state index is -5.08. The second kappa shape index (κ2) is 20.9. The number of anilines is 1. The van der Waals surface area contributed by atoms with Gasteiger partial charge in [-0.25, -0.2) is 19.4 Å². The van der Waals surface area contributed by atoms with Crippen molar-refractivity contribution in [3.63, 3.8) is 0 Å². The molecule has 1 aliphatic heterocycles. The number of alkyl halides is 9. The molecular weight excluding hydrogens is 805 g/mol. The summed E-state index contributed by atoms with van der Waals surface area (Å²) in [6, 6.07) is 6.24. The van der Waals surface area contributed by atoms with E-state index in [1.165, 1.54) is 0 Å². The first-order valence-corrected chi connectivity index (χ1v) is 17.5. The number of carbonyl (C=O) groups is 4. The number of aliphatic carboxylic acids is 3. The SMILES string of the molecule is CCCCNc1ncc2c3ccc(CN4CCN(C)CC4)cc3c(=O)n([C@H]3CC[C@H](C(N)=O)CC3)c2n1.O=C(O)C(F)(F)F.O=C(O)C(F)(F)F.O=C(O)C(F)(F)F. The fraction of sp³-hybridized carbons (Fsp3) is 0.559. The fourth-order valence-electron chi connectivity index (χ4n) is 5.76. The summed E-state index contributed by atoms with van der Waals surface area (Å²) in [4.78, 5) is 66.8. The molecule has 2 aliphatic rings. The van der Waals surface area contributed by atoms with Crippen LogP contribution in [0.5, 0.6) is 0 Å². The third-order valence-electron chi connectivity index (χ3n) is 8.83. The van der Waals surface area contributed by atoms with Gasteiger partial charge in [-0.2, -0.15) is 44.5 Å². The van der Waals surface area contributed by atoms with Crippen molar-refractivity contribution < 1.29 is 74.0 Å². The quantitative estimate of drug-likeness (QED) is 0.114. The smallest absolute Gasteiger partial charge is 0.475 e. The van der Waals surface area contributed by atoms with E-state index in [4.69, 9.17) is 40.4 Å². The van der Waals surface area contributed by atoms with Crippen LogP contribution in [0.1, 0.15) is 57.1 Å². The van der Waals surface area contributed by atoms with Crippen LogP contribution in [-0.2, 0) is 25.7 Å². The number of unbranched alkanes of at least 4 members (excludes halogenated alkanes) is 1. The number of nitrogens with one attached hydrogen (secondary N) is 1. The van der Waals surface area contributed by atoms with Gasteiger partial charge in [0.05, 0.1) is 0 Å². The van der Waals surface area contributed by atoms with Crippen LogP contribution in [0.15, 0.2) is 29.2 Å². The topological polar surface area (TPSA) is 221 Å². The molecule has 1 aliphatic carbocycles. The summed E-state index contributed by atoms with van der Waals surface area (Å²) in [5.41, 5.74) is 7.39. The minimum absolute atomic E-state index is 0.0107. The molecule has 324 valence electrons. The molecule has 1 amide bonds. The number of fused-ring (bicyclic) bond motifs is 3. The highest BCUT2D eigenvalue weighted by molar-refractivity contribution is 6.04. The summed E-state index contributed by atoms with van der Waals surface area (Å²) in [6.07, 6.45) is -8.43. The number of halogens is 9. The van der Waals surface area contributed by atoms with Crippen LogP contribution in [0, 0.1) is 5.92 Å². The van der Waals surface area contributed by atoms with Crippen molar-refractivity contribution in [2.75, 3.05) is 45.1 Å². The maximum atomic E-state index is 14.1. The van der Waals surface area contributed by atoms with Crippen LogP contribution in [0.3, 0.4) is 0 Å². The number of aromatic nitrogens is 3. The Morgan fingerprint density at radius 3 is 1.76 bits per heavy atom. The van der Waals surface area contributed by atoms with Gasteiger partial charge in [-0.15, -0.1) is 0 Å². The molecule has 6 N–H and O–H groups in total. The highest BCUT2D eigenvalue weighted by Crippen LogP contribution is 2.34. The molecule has 15 nitrogen and oxygen atoms in total. The number of amides is 1. The van der Waals surface area contributed by atoms with Crippen LogP contribution < -0.4 is 16.6 Å². The summed E-state index contributed by atoms with van der Waals surface area (Å²) in [5.74, 6) is -8.08. The highest BCUT2D eigenvalue weighted by Gasteiger charge is 2.39. The number of rotatable bonds is 8. The van der Waals surface area contributed by atoms with Gasteiger partial charge in [0.25, 0.3) is 5.56 Å². The zero-order chi connectivity index (χ0) is 44.2. The lowest BCUT2D eigenvalue weighted by molar-refractivity contribution is -0.193. The maximum Gasteiger partial charge on any atom is 0.490 e. The zero-order valence-corrected chi connectivity index (χ0v) is 31.0. The summed E-state index contributed by atoms with van der Waals surface area (Å²) < 4.78 is 97.1. The normalized spacial score (nSPS) is 17.8. The van der Waals surface area contributed by atoms with Crippen molar-refractivity contribution in [2.45, 2.75) is 76.6 Å². The summed E-state index contributed by atoms with van der Waals surface area (Å²) in [7, 11) is 2.16. The first-order valence-electron chi connectivity index (χ1n) is 17.5. The van der Waals surface area contributed by atoms with Gasteiger partial charge in [-0.1, -0.05) is 25.5 Å². The third-order valence-corrected chi connectivity index (χ3v) is 8.83. The number of benzene rings is 1. The molecule has 1 saturated heterocycles. The molecule has 3 heterocycles. The van der Waals surface area contributed by atoms with E-state index in [1.807, 2.05) is 10.8 Å². The first kappa shape index (κ1) is 48.9. The molecule has 1 aromatic carbocycles. The van der Waals surface area contributed by atoms with E-state index in [0.717, 1.165) is 81.3 Å². The molecule has 0 spiro atoms. The molecule has 58 heavy (non-hydrogen) atoms. The number of primary amides is 1. The van der Waals surface area contributed by atoms with E-state index in [9.17, 15) is 49.1 Å². The number of nitrogens with two attached hydrogens (primary N) is 1. The standard InChI is InChI=1S/C28H39N7O2.3C2HF3O2/c1-3-4-11-30-28-31-17-24-22-10-5-19(18-34-14-12-33(2)13-15-34)16-23(22)27(37)35(26(24)32-28)21-8-6-20(7-9-21)25(29)36;3*3-2(4,5)1(6)7/h5,10,16-17,20-21H,3-4,6-9,11-15,18H2,1-2H3,(H2,29,36)(H,30,31,32);3*(H,6,7)/t20-,21-;;;.